The summed E-state index contributed by atoms with van der Waals surface area (Å²) in [4.78, 5) is 9.99. The first-order valence-electron chi connectivity index (χ1n) is 8.75. The van der Waals surface area contributed by atoms with Gasteiger partial charge in [-0.2, -0.15) is 18.2 Å². The Morgan fingerprint density at radius 3 is 2.64 bits per heavy atom. The Hall–Kier alpha value is -2.78. The minimum Gasteiger partial charge on any atom is -0.367 e. The summed E-state index contributed by atoms with van der Waals surface area (Å²) in [5.74, 6) is 0.233. The van der Waals surface area contributed by atoms with E-state index in [0.717, 1.165) is 19.2 Å². The summed E-state index contributed by atoms with van der Waals surface area (Å²) in [6, 6.07) is 13.6. The molecule has 9 heteroatoms. The van der Waals surface area contributed by atoms with Gasteiger partial charge in [0.15, 0.2) is 0 Å². The second-order valence-electron chi connectivity index (χ2n) is 6.44. The maximum Gasteiger partial charge on any atom is 0.433 e. The SMILES string of the molecule is FC(F)(F)c1cccc(-c2nc([C@@H]3CN(Cc4ccccc4)CCO3)no2)n1. The molecule has 0 unspecified atom stereocenters. The third kappa shape index (κ3) is 4.20. The van der Waals surface area contributed by atoms with Crippen molar-refractivity contribution >= 4 is 0 Å². The number of hydrogen-bond donors (Lipinski definition) is 0. The molecule has 3 heterocycles. The highest BCUT2D eigenvalue weighted by atomic mass is 19.4. The van der Waals surface area contributed by atoms with Gasteiger partial charge in [-0.05, 0) is 17.7 Å². The number of pyridine rings is 1. The maximum absolute atomic E-state index is 12.8. The fraction of sp³-hybridized carbons (Fsp3) is 0.316. The van der Waals surface area contributed by atoms with Gasteiger partial charge in [0.25, 0.3) is 5.89 Å². The molecular formula is C19H17F3N4O2. The predicted octanol–water partition coefficient (Wildman–Crippen LogP) is 3.72. The highest BCUT2D eigenvalue weighted by molar-refractivity contribution is 5.46. The van der Waals surface area contributed by atoms with Crippen LogP contribution in [0.2, 0.25) is 0 Å². The van der Waals surface area contributed by atoms with Crippen molar-refractivity contribution < 1.29 is 22.4 Å². The first kappa shape index (κ1) is 18.6. The molecule has 1 aliphatic rings. The van der Waals surface area contributed by atoms with E-state index in [4.69, 9.17) is 9.26 Å². The van der Waals surface area contributed by atoms with Gasteiger partial charge in [-0.25, -0.2) is 4.98 Å². The zero-order valence-electron chi connectivity index (χ0n) is 14.8. The first-order valence-corrected chi connectivity index (χ1v) is 8.75. The van der Waals surface area contributed by atoms with Gasteiger partial charge in [0.05, 0.1) is 6.61 Å². The van der Waals surface area contributed by atoms with Gasteiger partial charge < -0.3 is 9.26 Å². The van der Waals surface area contributed by atoms with E-state index in [2.05, 4.69) is 32.2 Å². The van der Waals surface area contributed by atoms with Gasteiger partial charge >= 0.3 is 6.18 Å². The van der Waals surface area contributed by atoms with Crippen LogP contribution in [0.4, 0.5) is 13.2 Å². The van der Waals surface area contributed by atoms with Crippen LogP contribution >= 0.6 is 0 Å². The Morgan fingerprint density at radius 1 is 1.04 bits per heavy atom. The van der Waals surface area contributed by atoms with Crippen LogP contribution in [-0.4, -0.2) is 39.7 Å². The Kier molecular flexibility index (Phi) is 5.10. The smallest absolute Gasteiger partial charge is 0.367 e. The maximum atomic E-state index is 12.8. The average Bonchev–Trinajstić information content (AvgIpc) is 3.19. The molecule has 28 heavy (non-hydrogen) atoms. The van der Waals surface area contributed by atoms with E-state index < -0.39 is 18.0 Å². The van der Waals surface area contributed by atoms with Crippen molar-refractivity contribution in [2.45, 2.75) is 18.8 Å². The summed E-state index contributed by atoms with van der Waals surface area (Å²) >= 11 is 0. The highest BCUT2D eigenvalue weighted by Crippen LogP contribution is 2.29. The molecule has 0 radical (unpaired) electrons. The lowest BCUT2D eigenvalue weighted by Gasteiger charge is -2.31. The fourth-order valence-electron chi connectivity index (χ4n) is 3.03. The van der Waals surface area contributed by atoms with Gasteiger partial charge in [0, 0.05) is 19.6 Å². The first-order chi connectivity index (χ1) is 13.5. The molecule has 0 saturated carbocycles. The third-order valence-corrected chi connectivity index (χ3v) is 4.39. The second kappa shape index (κ2) is 7.69. The quantitative estimate of drug-likeness (QED) is 0.677. The number of halogens is 3. The molecule has 1 aromatic carbocycles. The van der Waals surface area contributed by atoms with Gasteiger partial charge in [0.2, 0.25) is 5.82 Å². The minimum absolute atomic E-state index is 0.0227. The summed E-state index contributed by atoms with van der Waals surface area (Å²) in [7, 11) is 0. The van der Waals surface area contributed by atoms with Crippen LogP contribution in [0.5, 0.6) is 0 Å². The number of nitrogens with zero attached hydrogens (tertiary/aromatic N) is 4. The topological polar surface area (TPSA) is 64.3 Å². The monoisotopic (exact) mass is 390 g/mol. The number of ether oxygens (including phenoxy) is 1. The lowest BCUT2D eigenvalue weighted by molar-refractivity contribution is -0.141. The van der Waals surface area contributed by atoms with E-state index in [9.17, 15) is 13.2 Å². The average molecular weight is 390 g/mol. The fourth-order valence-corrected chi connectivity index (χ4v) is 3.03. The van der Waals surface area contributed by atoms with Crippen LogP contribution in [0.25, 0.3) is 11.6 Å². The predicted molar refractivity (Wildman–Crippen MR) is 92.9 cm³/mol. The summed E-state index contributed by atoms with van der Waals surface area (Å²) in [5.41, 5.74) is 0.156. The molecule has 0 amide bonds. The number of morpholine rings is 1. The summed E-state index contributed by atoms with van der Waals surface area (Å²) in [6.45, 7) is 2.60. The summed E-state index contributed by atoms with van der Waals surface area (Å²) < 4.78 is 49.4. The number of rotatable bonds is 4. The van der Waals surface area contributed by atoms with Gasteiger partial charge in [-0.15, -0.1) is 0 Å². The number of hydrogen-bond acceptors (Lipinski definition) is 6. The van der Waals surface area contributed by atoms with Crippen molar-refractivity contribution in [1.82, 2.24) is 20.0 Å². The molecule has 3 aromatic rings. The molecule has 1 saturated heterocycles. The molecule has 0 N–H and O–H groups in total. The lowest BCUT2D eigenvalue weighted by atomic mass is 10.2. The van der Waals surface area contributed by atoms with Crippen molar-refractivity contribution in [2.75, 3.05) is 19.7 Å². The second-order valence-corrected chi connectivity index (χ2v) is 6.44. The number of aromatic nitrogens is 3. The van der Waals surface area contributed by atoms with E-state index >= 15 is 0 Å². The lowest BCUT2D eigenvalue weighted by Crippen LogP contribution is -2.38. The van der Waals surface area contributed by atoms with Gasteiger partial charge in [-0.3, -0.25) is 4.90 Å². The van der Waals surface area contributed by atoms with E-state index in [-0.39, 0.29) is 11.6 Å². The van der Waals surface area contributed by atoms with Crippen molar-refractivity contribution in [2.24, 2.45) is 0 Å². The van der Waals surface area contributed by atoms with Crippen molar-refractivity contribution in [1.29, 1.82) is 0 Å². The molecule has 4 rings (SSSR count). The summed E-state index contributed by atoms with van der Waals surface area (Å²) in [6.07, 6.45) is -4.95. The van der Waals surface area contributed by atoms with E-state index in [1.807, 2.05) is 18.2 Å². The number of benzene rings is 1. The normalized spacial score (nSPS) is 18.3. The molecule has 146 valence electrons. The minimum atomic E-state index is -4.54. The van der Waals surface area contributed by atoms with Crippen LogP contribution in [0.3, 0.4) is 0 Å². The van der Waals surface area contributed by atoms with Crippen LogP contribution in [-0.2, 0) is 17.5 Å². The van der Waals surface area contributed by atoms with Gasteiger partial charge in [0.1, 0.15) is 17.5 Å². The Labute approximate surface area is 159 Å². The zero-order chi connectivity index (χ0) is 19.6. The van der Waals surface area contributed by atoms with Crippen molar-refractivity contribution in [3.63, 3.8) is 0 Å². The van der Waals surface area contributed by atoms with Crippen molar-refractivity contribution in [3.05, 3.63) is 65.6 Å². The van der Waals surface area contributed by atoms with E-state index in [0.29, 0.717) is 19.0 Å². The molecule has 1 fully saturated rings. The number of alkyl halides is 3. The Morgan fingerprint density at radius 2 is 1.86 bits per heavy atom. The Balaban J connectivity index is 1.48. The van der Waals surface area contributed by atoms with Crippen molar-refractivity contribution in [3.8, 4) is 11.6 Å². The van der Waals surface area contributed by atoms with E-state index in [1.54, 1.807) is 0 Å². The summed E-state index contributed by atoms with van der Waals surface area (Å²) in [5, 5.41) is 3.89. The molecule has 0 bridgehead atoms. The van der Waals surface area contributed by atoms with Crippen LogP contribution < -0.4 is 0 Å². The highest BCUT2D eigenvalue weighted by Gasteiger charge is 2.33. The van der Waals surface area contributed by atoms with Crippen LogP contribution in [0.1, 0.15) is 23.2 Å². The Bertz CT molecular complexity index is 930. The van der Waals surface area contributed by atoms with Crippen LogP contribution in [0, 0.1) is 0 Å². The largest absolute Gasteiger partial charge is 0.433 e. The third-order valence-electron chi connectivity index (χ3n) is 4.39. The molecule has 1 atom stereocenters. The van der Waals surface area contributed by atoms with Gasteiger partial charge in [-0.1, -0.05) is 41.6 Å². The van der Waals surface area contributed by atoms with E-state index in [1.165, 1.54) is 17.7 Å². The molecule has 2 aromatic heterocycles. The molecule has 0 spiro atoms. The standard InChI is InChI=1S/C19H17F3N4O2/c20-19(21,22)16-8-4-7-14(23-16)18-24-17(25-28-18)15-12-26(9-10-27-15)11-13-5-2-1-3-6-13/h1-8,15H,9-12H2/t15-/m0/s1. The molecule has 6 nitrogen and oxygen atoms in total. The molecule has 1 aliphatic heterocycles. The molecular weight excluding hydrogens is 373 g/mol. The molecule has 0 aliphatic carbocycles. The zero-order valence-corrected chi connectivity index (χ0v) is 14.8. The van der Waals surface area contributed by atoms with Crippen LogP contribution in [0.15, 0.2) is 53.1 Å².